The molecule has 0 bridgehead atoms. The summed E-state index contributed by atoms with van der Waals surface area (Å²) < 4.78 is 5.34. The zero-order chi connectivity index (χ0) is 13.8. The molecule has 5 nitrogen and oxygen atoms in total. The number of nitrogens with zero attached hydrogens (tertiary/aromatic N) is 1. The van der Waals surface area contributed by atoms with E-state index in [0.717, 1.165) is 12.8 Å². The molecule has 0 aromatic heterocycles. The lowest BCUT2D eigenvalue weighted by Gasteiger charge is -2.35. The number of hydrogen-bond acceptors (Lipinski definition) is 4. The van der Waals surface area contributed by atoms with Crippen molar-refractivity contribution in [1.29, 1.82) is 0 Å². The Kier molecular flexibility index (Phi) is 5.41. The van der Waals surface area contributed by atoms with Crippen LogP contribution in [0.15, 0.2) is 0 Å². The van der Waals surface area contributed by atoms with Crippen LogP contribution in [0.1, 0.15) is 33.6 Å². The number of carbonyl (C=O) groups excluding carboxylic acids is 1. The van der Waals surface area contributed by atoms with Crippen LogP contribution in [0.2, 0.25) is 0 Å². The van der Waals surface area contributed by atoms with Crippen LogP contribution in [0.5, 0.6) is 0 Å². The van der Waals surface area contributed by atoms with Gasteiger partial charge in [-0.1, -0.05) is 0 Å². The molecule has 1 rings (SSSR count). The van der Waals surface area contributed by atoms with E-state index in [1.807, 2.05) is 20.8 Å². The Morgan fingerprint density at radius 1 is 1.44 bits per heavy atom. The van der Waals surface area contributed by atoms with E-state index in [-0.39, 0.29) is 18.6 Å². The molecule has 1 heterocycles. The van der Waals surface area contributed by atoms with Crippen molar-refractivity contribution in [2.75, 3.05) is 26.2 Å². The molecule has 0 aromatic carbocycles. The molecule has 5 heteroatoms. The summed E-state index contributed by atoms with van der Waals surface area (Å²) in [5, 5.41) is 9.22. The Balaban J connectivity index is 2.41. The Labute approximate surface area is 109 Å². The number of amides is 1. The molecular formula is C13H26N2O3. The van der Waals surface area contributed by atoms with E-state index in [9.17, 15) is 9.90 Å². The van der Waals surface area contributed by atoms with Gasteiger partial charge in [-0.05, 0) is 52.0 Å². The van der Waals surface area contributed by atoms with Gasteiger partial charge in [0.1, 0.15) is 5.60 Å². The van der Waals surface area contributed by atoms with Crippen LogP contribution >= 0.6 is 0 Å². The number of rotatable bonds is 3. The molecule has 1 aliphatic heterocycles. The average Bonchev–Trinajstić information content (AvgIpc) is 2.29. The van der Waals surface area contributed by atoms with Gasteiger partial charge in [-0.25, -0.2) is 4.79 Å². The second kappa shape index (κ2) is 6.38. The van der Waals surface area contributed by atoms with Gasteiger partial charge in [0, 0.05) is 19.7 Å². The van der Waals surface area contributed by atoms with E-state index in [1.54, 1.807) is 4.90 Å². The SMILES string of the molecule is CC(C)(C)OC(=O)N1CCC(C(CN)CO)CC1. The van der Waals surface area contributed by atoms with Crippen molar-refractivity contribution in [3.8, 4) is 0 Å². The van der Waals surface area contributed by atoms with Gasteiger partial charge in [0.05, 0.1) is 0 Å². The van der Waals surface area contributed by atoms with Crippen LogP contribution in [0.25, 0.3) is 0 Å². The summed E-state index contributed by atoms with van der Waals surface area (Å²) in [5.74, 6) is 0.574. The average molecular weight is 258 g/mol. The fourth-order valence-corrected chi connectivity index (χ4v) is 2.30. The first-order valence-corrected chi connectivity index (χ1v) is 6.66. The van der Waals surface area contributed by atoms with E-state index in [1.165, 1.54) is 0 Å². The van der Waals surface area contributed by atoms with Crippen molar-refractivity contribution >= 4 is 6.09 Å². The zero-order valence-electron chi connectivity index (χ0n) is 11.7. The highest BCUT2D eigenvalue weighted by Crippen LogP contribution is 2.25. The lowest BCUT2D eigenvalue weighted by atomic mass is 9.85. The van der Waals surface area contributed by atoms with E-state index in [4.69, 9.17) is 10.5 Å². The summed E-state index contributed by atoms with van der Waals surface area (Å²) in [5.41, 5.74) is 5.18. The van der Waals surface area contributed by atoms with Crippen molar-refractivity contribution in [3.63, 3.8) is 0 Å². The maximum atomic E-state index is 11.9. The molecule has 106 valence electrons. The molecule has 0 radical (unpaired) electrons. The third kappa shape index (κ3) is 4.46. The summed E-state index contributed by atoms with van der Waals surface area (Å²) in [6, 6.07) is 0. The van der Waals surface area contributed by atoms with Crippen molar-refractivity contribution in [1.82, 2.24) is 4.90 Å². The van der Waals surface area contributed by atoms with Crippen molar-refractivity contribution < 1.29 is 14.6 Å². The van der Waals surface area contributed by atoms with Gasteiger partial charge in [-0.2, -0.15) is 0 Å². The molecule has 0 aromatic rings. The highest BCUT2D eigenvalue weighted by Gasteiger charge is 2.29. The molecule has 1 saturated heterocycles. The molecule has 1 amide bonds. The zero-order valence-corrected chi connectivity index (χ0v) is 11.7. The van der Waals surface area contributed by atoms with E-state index < -0.39 is 5.60 Å². The van der Waals surface area contributed by atoms with E-state index in [2.05, 4.69) is 0 Å². The minimum Gasteiger partial charge on any atom is -0.444 e. The first kappa shape index (κ1) is 15.2. The summed E-state index contributed by atoms with van der Waals surface area (Å²) in [4.78, 5) is 13.6. The fourth-order valence-electron chi connectivity index (χ4n) is 2.30. The first-order valence-electron chi connectivity index (χ1n) is 6.66. The molecule has 0 spiro atoms. The van der Waals surface area contributed by atoms with Crippen molar-refractivity contribution in [2.24, 2.45) is 17.6 Å². The Bertz CT molecular complexity index is 264. The van der Waals surface area contributed by atoms with Gasteiger partial charge >= 0.3 is 6.09 Å². The van der Waals surface area contributed by atoms with Crippen LogP contribution < -0.4 is 5.73 Å². The number of aliphatic hydroxyl groups excluding tert-OH is 1. The number of nitrogens with two attached hydrogens (primary N) is 1. The quantitative estimate of drug-likeness (QED) is 0.797. The normalized spacial score (nSPS) is 19.7. The van der Waals surface area contributed by atoms with Crippen LogP contribution in [0.3, 0.4) is 0 Å². The lowest BCUT2D eigenvalue weighted by molar-refractivity contribution is 0.0145. The Morgan fingerprint density at radius 2 is 2.00 bits per heavy atom. The smallest absolute Gasteiger partial charge is 0.410 e. The van der Waals surface area contributed by atoms with Crippen molar-refractivity contribution in [3.05, 3.63) is 0 Å². The van der Waals surface area contributed by atoms with Crippen molar-refractivity contribution in [2.45, 2.75) is 39.2 Å². The monoisotopic (exact) mass is 258 g/mol. The minimum absolute atomic E-state index is 0.133. The first-order chi connectivity index (χ1) is 8.37. The second-order valence-electron chi connectivity index (χ2n) is 5.98. The van der Waals surface area contributed by atoms with E-state index in [0.29, 0.717) is 25.6 Å². The van der Waals surface area contributed by atoms with Crippen LogP contribution in [-0.2, 0) is 4.74 Å². The number of carbonyl (C=O) groups is 1. The highest BCUT2D eigenvalue weighted by atomic mass is 16.6. The number of piperidine rings is 1. The van der Waals surface area contributed by atoms with Crippen LogP contribution in [0.4, 0.5) is 4.79 Å². The lowest BCUT2D eigenvalue weighted by Crippen LogP contribution is -2.44. The van der Waals surface area contributed by atoms with Gasteiger partial charge in [-0.15, -0.1) is 0 Å². The standard InChI is InChI=1S/C13H26N2O3/c1-13(2,3)18-12(17)15-6-4-10(5-7-15)11(8-14)9-16/h10-11,16H,4-9,14H2,1-3H3. The van der Waals surface area contributed by atoms with Gasteiger partial charge in [0.25, 0.3) is 0 Å². The van der Waals surface area contributed by atoms with Gasteiger partial charge in [-0.3, -0.25) is 0 Å². The second-order valence-corrected chi connectivity index (χ2v) is 5.98. The fraction of sp³-hybridized carbons (Fsp3) is 0.923. The maximum Gasteiger partial charge on any atom is 0.410 e. The molecule has 0 saturated carbocycles. The molecule has 18 heavy (non-hydrogen) atoms. The molecule has 1 atom stereocenters. The summed E-state index contributed by atoms with van der Waals surface area (Å²) in [6.07, 6.45) is 1.54. The number of hydrogen-bond donors (Lipinski definition) is 2. The predicted molar refractivity (Wildman–Crippen MR) is 70.2 cm³/mol. The van der Waals surface area contributed by atoms with Crippen LogP contribution in [0, 0.1) is 11.8 Å². The Hall–Kier alpha value is -0.810. The Morgan fingerprint density at radius 3 is 2.39 bits per heavy atom. The summed E-state index contributed by atoms with van der Waals surface area (Å²) in [7, 11) is 0. The summed E-state index contributed by atoms with van der Waals surface area (Å²) in [6.45, 7) is 7.63. The number of ether oxygens (including phenoxy) is 1. The van der Waals surface area contributed by atoms with E-state index >= 15 is 0 Å². The van der Waals surface area contributed by atoms with Gasteiger partial charge < -0.3 is 20.5 Å². The third-order valence-corrected chi connectivity index (χ3v) is 3.40. The molecular weight excluding hydrogens is 232 g/mol. The third-order valence-electron chi connectivity index (χ3n) is 3.40. The largest absolute Gasteiger partial charge is 0.444 e. The minimum atomic E-state index is -0.446. The molecule has 0 aliphatic carbocycles. The topological polar surface area (TPSA) is 75.8 Å². The van der Waals surface area contributed by atoms with Gasteiger partial charge in [0.2, 0.25) is 0 Å². The predicted octanol–water partition coefficient (Wildman–Crippen LogP) is 1.20. The highest BCUT2D eigenvalue weighted by molar-refractivity contribution is 5.68. The number of aliphatic hydroxyl groups is 1. The van der Waals surface area contributed by atoms with Crippen LogP contribution in [-0.4, -0.2) is 47.9 Å². The van der Waals surface area contributed by atoms with Gasteiger partial charge in [0.15, 0.2) is 0 Å². The maximum absolute atomic E-state index is 11.9. The number of likely N-dealkylation sites (tertiary alicyclic amines) is 1. The molecule has 1 unspecified atom stereocenters. The molecule has 3 N–H and O–H groups in total. The molecule has 1 fully saturated rings. The molecule has 1 aliphatic rings. The summed E-state index contributed by atoms with van der Waals surface area (Å²) >= 11 is 0.